The fourth-order valence-electron chi connectivity index (χ4n) is 4.10. The Morgan fingerprint density at radius 1 is 0.952 bits per heavy atom. The summed E-state index contributed by atoms with van der Waals surface area (Å²) < 4.78 is 0. The monoisotopic (exact) mass is 286 g/mol. The van der Waals surface area contributed by atoms with Crippen molar-refractivity contribution in [3.63, 3.8) is 0 Å². The summed E-state index contributed by atoms with van der Waals surface area (Å²) in [6.45, 7) is 9.12. The Morgan fingerprint density at radius 3 is 1.71 bits per heavy atom. The molecule has 0 unspecified atom stereocenters. The van der Waals surface area contributed by atoms with Crippen molar-refractivity contribution in [1.82, 2.24) is 0 Å². The lowest BCUT2D eigenvalue weighted by Gasteiger charge is -2.43. The zero-order valence-electron chi connectivity index (χ0n) is 13.7. The molecule has 118 valence electrons. The molecular formula is C21H34. The van der Waals surface area contributed by atoms with E-state index in [0.717, 1.165) is 17.3 Å². The van der Waals surface area contributed by atoms with Crippen molar-refractivity contribution in [2.75, 3.05) is 0 Å². The fourth-order valence-corrected chi connectivity index (χ4v) is 4.10. The molecule has 0 heteroatoms. The van der Waals surface area contributed by atoms with E-state index in [0.29, 0.717) is 0 Å². The molecule has 0 nitrogen and oxygen atoms in total. The van der Waals surface area contributed by atoms with E-state index in [1.54, 1.807) is 0 Å². The van der Waals surface area contributed by atoms with E-state index in [-0.39, 0.29) is 7.43 Å². The summed E-state index contributed by atoms with van der Waals surface area (Å²) in [5.74, 6) is 0. The minimum Gasteiger partial charge on any atom is -0.0805 e. The molecule has 2 bridgehead atoms. The van der Waals surface area contributed by atoms with Crippen LogP contribution in [0.15, 0.2) is 47.6 Å². The molecular weight excluding hydrogens is 252 g/mol. The second-order valence-corrected chi connectivity index (χ2v) is 7.71. The molecule has 0 aromatic heterocycles. The lowest BCUT2D eigenvalue weighted by molar-refractivity contribution is 0.0803. The van der Waals surface area contributed by atoms with E-state index in [1.165, 1.54) is 43.3 Å². The second kappa shape index (κ2) is 7.29. The van der Waals surface area contributed by atoms with Gasteiger partial charge in [0.1, 0.15) is 0 Å². The molecule has 0 radical (unpaired) electrons. The molecule has 5 aliphatic carbocycles. The molecule has 0 aromatic rings. The predicted molar refractivity (Wildman–Crippen MR) is 96.4 cm³/mol. The summed E-state index contributed by atoms with van der Waals surface area (Å²) in [5, 5.41) is 0. The topological polar surface area (TPSA) is 0 Å². The summed E-state index contributed by atoms with van der Waals surface area (Å²) in [4.78, 5) is 0. The van der Waals surface area contributed by atoms with Crippen LogP contribution in [0.2, 0.25) is 0 Å². The van der Waals surface area contributed by atoms with Crippen molar-refractivity contribution in [1.29, 1.82) is 0 Å². The minimum absolute atomic E-state index is 0. The number of allylic oxidation sites excluding steroid dienone is 8. The molecule has 0 aromatic carbocycles. The van der Waals surface area contributed by atoms with Crippen LogP contribution in [0.1, 0.15) is 73.6 Å². The van der Waals surface area contributed by atoms with E-state index in [2.05, 4.69) is 64.2 Å². The van der Waals surface area contributed by atoms with E-state index >= 15 is 0 Å². The van der Waals surface area contributed by atoms with Gasteiger partial charge in [-0.1, -0.05) is 68.9 Å². The van der Waals surface area contributed by atoms with Crippen molar-refractivity contribution in [3.8, 4) is 0 Å². The summed E-state index contributed by atoms with van der Waals surface area (Å²) in [6.07, 6.45) is 21.2. The second-order valence-electron chi connectivity index (χ2n) is 7.71. The van der Waals surface area contributed by atoms with Crippen molar-refractivity contribution >= 4 is 0 Å². The third-order valence-corrected chi connectivity index (χ3v) is 4.95. The maximum absolute atomic E-state index is 2.43. The Hall–Kier alpha value is -1.04. The van der Waals surface area contributed by atoms with Crippen LogP contribution in [-0.4, -0.2) is 0 Å². The first-order valence-corrected chi connectivity index (χ1v) is 8.07. The summed E-state index contributed by atoms with van der Waals surface area (Å²) in [7, 11) is 0. The van der Waals surface area contributed by atoms with E-state index < -0.39 is 0 Å². The number of fused-ring (bicyclic) bond motifs is 1. The molecule has 5 rings (SSSR count). The molecule has 0 atom stereocenters. The molecule has 3 fully saturated rings. The standard InChI is InChI=1S/C8H14.2C6H8.CH4/c1-7-3-4-8(2,5-7)6-7;2*1-6-4-2-3-5-6;/h3-6H2,1-2H3;2,4-5H,3H2,1H3;2-4H,5H2,1H3;1H4. The molecule has 0 heterocycles. The maximum atomic E-state index is 2.43. The smallest absolute Gasteiger partial charge is 0.0135 e. The Bertz CT molecular complexity index is 434. The van der Waals surface area contributed by atoms with Gasteiger partial charge >= 0.3 is 0 Å². The highest BCUT2D eigenvalue weighted by Crippen LogP contribution is 2.66. The highest BCUT2D eigenvalue weighted by molar-refractivity contribution is 5.23. The molecule has 3 saturated carbocycles. The largest absolute Gasteiger partial charge is 0.0805 e. The Morgan fingerprint density at radius 2 is 1.57 bits per heavy atom. The van der Waals surface area contributed by atoms with Gasteiger partial charge in [-0.2, -0.15) is 0 Å². The van der Waals surface area contributed by atoms with Crippen LogP contribution in [0.3, 0.4) is 0 Å². The number of hydrogen-bond donors (Lipinski definition) is 0. The van der Waals surface area contributed by atoms with Gasteiger partial charge in [-0.25, -0.2) is 0 Å². The average Bonchev–Trinajstić information content (AvgIpc) is 3.08. The third kappa shape index (κ3) is 5.34. The summed E-state index contributed by atoms with van der Waals surface area (Å²) in [6, 6.07) is 0. The van der Waals surface area contributed by atoms with Crippen molar-refractivity contribution in [3.05, 3.63) is 47.6 Å². The first kappa shape index (κ1) is 18.0. The van der Waals surface area contributed by atoms with Crippen LogP contribution in [0.5, 0.6) is 0 Å². The summed E-state index contributed by atoms with van der Waals surface area (Å²) >= 11 is 0. The van der Waals surface area contributed by atoms with Crippen LogP contribution in [-0.2, 0) is 0 Å². The van der Waals surface area contributed by atoms with Gasteiger partial charge in [-0.3, -0.25) is 0 Å². The van der Waals surface area contributed by atoms with Gasteiger partial charge in [-0.05, 0) is 63.2 Å². The summed E-state index contributed by atoms with van der Waals surface area (Å²) in [5.41, 5.74) is 4.47. The zero-order valence-corrected chi connectivity index (χ0v) is 13.7. The average molecular weight is 287 g/mol. The Kier molecular flexibility index (Phi) is 6.25. The van der Waals surface area contributed by atoms with E-state index in [4.69, 9.17) is 0 Å². The molecule has 21 heavy (non-hydrogen) atoms. The van der Waals surface area contributed by atoms with Gasteiger partial charge < -0.3 is 0 Å². The van der Waals surface area contributed by atoms with Gasteiger partial charge in [0.2, 0.25) is 0 Å². The van der Waals surface area contributed by atoms with Gasteiger partial charge in [0, 0.05) is 0 Å². The molecule has 0 spiro atoms. The molecule has 0 aliphatic heterocycles. The first-order chi connectivity index (χ1) is 9.41. The van der Waals surface area contributed by atoms with Crippen LogP contribution in [0.4, 0.5) is 0 Å². The van der Waals surface area contributed by atoms with Crippen LogP contribution >= 0.6 is 0 Å². The Balaban J connectivity index is 0.000000157. The molecule has 5 aliphatic rings. The molecule has 0 amide bonds. The fraction of sp³-hybridized carbons (Fsp3) is 0.619. The van der Waals surface area contributed by atoms with Crippen molar-refractivity contribution < 1.29 is 0 Å². The third-order valence-electron chi connectivity index (χ3n) is 4.95. The highest BCUT2D eigenvalue weighted by atomic mass is 14.6. The van der Waals surface area contributed by atoms with Crippen LogP contribution in [0, 0.1) is 10.8 Å². The normalized spacial score (nSPS) is 33.7. The van der Waals surface area contributed by atoms with Crippen LogP contribution < -0.4 is 0 Å². The number of rotatable bonds is 0. The first-order valence-electron chi connectivity index (χ1n) is 8.07. The molecule has 0 N–H and O–H groups in total. The van der Waals surface area contributed by atoms with E-state index in [1.807, 2.05) is 0 Å². The van der Waals surface area contributed by atoms with Gasteiger partial charge in [0.05, 0.1) is 0 Å². The minimum atomic E-state index is 0. The Labute approximate surface area is 132 Å². The zero-order chi connectivity index (χ0) is 14.6. The molecule has 0 saturated heterocycles. The highest BCUT2D eigenvalue weighted by Gasteiger charge is 2.54. The van der Waals surface area contributed by atoms with Gasteiger partial charge in [0.15, 0.2) is 0 Å². The predicted octanol–water partition coefficient (Wildman–Crippen LogP) is 7.01. The SMILES string of the molecule is C.CC12CCC(C)(C1)C2.CC1=CC=CC1.CC1=CCC=C1. The van der Waals surface area contributed by atoms with Crippen molar-refractivity contribution in [2.45, 2.75) is 73.6 Å². The lowest BCUT2D eigenvalue weighted by Crippen LogP contribution is -2.32. The van der Waals surface area contributed by atoms with Gasteiger partial charge in [0.25, 0.3) is 0 Å². The quantitative estimate of drug-likeness (QED) is 0.449. The van der Waals surface area contributed by atoms with E-state index in [9.17, 15) is 0 Å². The van der Waals surface area contributed by atoms with Crippen molar-refractivity contribution in [2.24, 2.45) is 10.8 Å². The number of hydrogen-bond acceptors (Lipinski definition) is 0. The lowest BCUT2D eigenvalue weighted by atomic mass is 9.62. The van der Waals surface area contributed by atoms with Gasteiger partial charge in [-0.15, -0.1) is 0 Å². The van der Waals surface area contributed by atoms with Crippen LogP contribution in [0.25, 0.3) is 0 Å². The maximum Gasteiger partial charge on any atom is -0.0135 e.